The summed E-state index contributed by atoms with van der Waals surface area (Å²) < 4.78 is 0. The van der Waals surface area contributed by atoms with Crippen LogP contribution in [0, 0.1) is 11.3 Å². The van der Waals surface area contributed by atoms with Gasteiger partial charge in [0.25, 0.3) is 5.91 Å². The molecule has 0 radical (unpaired) electrons. The van der Waals surface area contributed by atoms with Crippen molar-refractivity contribution >= 4 is 17.8 Å². The van der Waals surface area contributed by atoms with E-state index in [1.54, 1.807) is 6.07 Å². The number of nitriles is 1. The molecule has 0 unspecified atom stereocenters. The normalized spacial score (nSPS) is 10.3. The number of nitrogens with zero attached hydrogens (tertiary/aromatic N) is 1. The van der Waals surface area contributed by atoms with Gasteiger partial charge in [0.1, 0.15) is 18.2 Å². The summed E-state index contributed by atoms with van der Waals surface area (Å²) in [6.45, 7) is -0.277. The van der Waals surface area contributed by atoms with Crippen LogP contribution >= 0.6 is 0 Å². The van der Waals surface area contributed by atoms with Gasteiger partial charge in [-0.05, 0) is 6.42 Å². The molecule has 8 nitrogen and oxygen atoms in total. The molecule has 0 aromatic carbocycles. The van der Waals surface area contributed by atoms with E-state index in [9.17, 15) is 14.4 Å². The van der Waals surface area contributed by atoms with E-state index in [4.69, 9.17) is 15.5 Å². The molecule has 0 atom stereocenters. The van der Waals surface area contributed by atoms with Gasteiger partial charge in [-0.2, -0.15) is 5.26 Å². The van der Waals surface area contributed by atoms with Crippen molar-refractivity contribution in [3.63, 3.8) is 0 Å². The van der Waals surface area contributed by atoms with Crippen molar-refractivity contribution in [1.82, 2.24) is 10.6 Å². The number of carboxylic acids is 2. The van der Waals surface area contributed by atoms with Crippen molar-refractivity contribution in [2.24, 2.45) is 0 Å². The van der Waals surface area contributed by atoms with Gasteiger partial charge in [-0.15, -0.1) is 0 Å². The van der Waals surface area contributed by atoms with Crippen LogP contribution in [0.5, 0.6) is 0 Å². The molecule has 0 fully saturated rings. The zero-order chi connectivity index (χ0) is 14.0. The van der Waals surface area contributed by atoms with Crippen molar-refractivity contribution in [1.29, 1.82) is 5.26 Å². The summed E-state index contributed by atoms with van der Waals surface area (Å²) >= 11 is 0. The number of amides is 1. The van der Waals surface area contributed by atoms with E-state index in [0.717, 1.165) is 6.20 Å². The Hall–Kier alpha value is -2.56. The third-order valence-corrected chi connectivity index (χ3v) is 1.72. The minimum Gasteiger partial charge on any atom is -0.481 e. The number of rotatable bonds is 8. The Morgan fingerprint density at radius 3 is 2.39 bits per heavy atom. The van der Waals surface area contributed by atoms with E-state index in [2.05, 4.69) is 10.6 Å². The van der Waals surface area contributed by atoms with Crippen molar-refractivity contribution in [2.45, 2.75) is 12.8 Å². The minimum absolute atomic E-state index is 0.0802. The van der Waals surface area contributed by atoms with Crippen LogP contribution in [-0.2, 0) is 14.4 Å². The summed E-state index contributed by atoms with van der Waals surface area (Å²) in [5, 5.41) is 30.0. The average Bonchev–Trinajstić information content (AvgIpc) is 2.29. The van der Waals surface area contributed by atoms with Gasteiger partial charge >= 0.3 is 11.9 Å². The molecule has 8 heteroatoms. The molecule has 0 spiro atoms. The van der Waals surface area contributed by atoms with Gasteiger partial charge in [0, 0.05) is 19.2 Å². The Balaban J connectivity index is 4.07. The zero-order valence-electron chi connectivity index (χ0n) is 9.47. The molecule has 0 aliphatic carbocycles. The summed E-state index contributed by atoms with van der Waals surface area (Å²) in [5.74, 6) is -2.77. The summed E-state index contributed by atoms with van der Waals surface area (Å²) in [6, 6.07) is 1.60. The van der Waals surface area contributed by atoms with Crippen LogP contribution in [0.1, 0.15) is 12.8 Å². The first-order chi connectivity index (χ1) is 8.47. The third kappa shape index (κ3) is 7.70. The first kappa shape index (κ1) is 15.4. The lowest BCUT2D eigenvalue weighted by Crippen LogP contribution is -2.27. The van der Waals surface area contributed by atoms with Crippen LogP contribution in [-0.4, -0.2) is 41.1 Å². The number of nitrogens with one attached hydrogen (secondary N) is 2. The fourth-order valence-corrected chi connectivity index (χ4v) is 0.926. The van der Waals surface area contributed by atoms with Crippen molar-refractivity contribution in [3.8, 4) is 6.07 Å². The maximum Gasteiger partial charge on any atom is 0.322 e. The molecule has 0 aliphatic heterocycles. The predicted octanol–water partition coefficient (Wildman–Crippen LogP) is -0.951. The van der Waals surface area contributed by atoms with Gasteiger partial charge in [-0.3, -0.25) is 14.4 Å². The molecule has 4 N–H and O–H groups in total. The first-order valence-electron chi connectivity index (χ1n) is 5.02. The summed E-state index contributed by atoms with van der Waals surface area (Å²) in [5.41, 5.74) is -0.272. The quantitative estimate of drug-likeness (QED) is 0.249. The van der Waals surface area contributed by atoms with Gasteiger partial charge < -0.3 is 20.8 Å². The van der Waals surface area contributed by atoms with Crippen molar-refractivity contribution in [3.05, 3.63) is 11.8 Å². The zero-order valence-corrected chi connectivity index (χ0v) is 9.47. The average molecular weight is 255 g/mol. The van der Waals surface area contributed by atoms with Gasteiger partial charge in [0.05, 0.1) is 0 Å². The molecule has 1 amide bonds. The van der Waals surface area contributed by atoms with Gasteiger partial charge in [0.2, 0.25) is 0 Å². The monoisotopic (exact) mass is 255 g/mol. The fraction of sp³-hybridized carbons (Fsp3) is 0.400. The number of carboxylic acid groups (broad SMARTS) is 2. The summed E-state index contributed by atoms with van der Waals surface area (Å²) in [4.78, 5) is 31.7. The highest BCUT2D eigenvalue weighted by atomic mass is 16.4. The van der Waals surface area contributed by atoms with Crippen molar-refractivity contribution in [2.75, 3.05) is 13.1 Å². The van der Waals surface area contributed by atoms with Crippen LogP contribution in [0.3, 0.4) is 0 Å². The molecule has 0 saturated carbocycles. The van der Waals surface area contributed by atoms with Gasteiger partial charge in [0.15, 0.2) is 0 Å². The molecule has 0 aliphatic rings. The second kappa shape index (κ2) is 8.58. The summed E-state index contributed by atoms with van der Waals surface area (Å²) in [6.07, 6.45) is 1.17. The second-order valence-corrected chi connectivity index (χ2v) is 3.20. The van der Waals surface area contributed by atoms with E-state index >= 15 is 0 Å². The lowest BCUT2D eigenvalue weighted by atomic mass is 10.2. The smallest absolute Gasteiger partial charge is 0.322 e. The largest absolute Gasteiger partial charge is 0.481 e. The summed E-state index contributed by atoms with van der Waals surface area (Å²) in [7, 11) is 0. The van der Waals surface area contributed by atoms with E-state index in [1.165, 1.54) is 0 Å². The molecule has 0 rings (SSSR count). The SMILES string of the molecule is N#C/C(=C/NCC(=O)O)C(=O)NCCCC(=O)O. The van der Waals surface area contributed by atoms with Crippen LogP contribution < -0.4 is 10.6 Å². The highest BCUT2D eigenvalue weighted by Crippen LogP contribution is 1.92. The van der Waals surface area contributed by atoms with Gasteiger partial charge in [-0.1, -0.05) is 0 Å². The maximum atomic E-state index is 11.4. The maximum absolute atomic E-state index is 11.4. The van der Waals surface area contributed by atoms with Crippen LogP contribution in [0.4, 0.5) is 0 Å². The number of hydrogen-bond acceptors (Lipinski definition) is 5. The van der Waals surface area contributed by atoms with E-state index in [1.807, 2.05) is 0 Å². The van der Waals surface area contributed by atoms with Gasteiger partial charge in [-0.25, -0.2) is 0 Å². The van der Waals surface area contributed by atoms with Crippen LogP contribution in [0.2, 0.25) is 0 Å². The Morgan fingerprint density at radius 1 is 1.22 bits per heavy atom. The van der Waals surface area contributed by atoms with E-state index < -0.39 is 24.4 Å². The Labute approximate surface area is 103 Å². The number of carbonyl (C=O) groups is 3. The molecule has 0 aromatic heterocycles. The predicted molar refractivity (Wildman–Crippen MR) is 59.2 cm³/mol. The number of hydrogen-bond donors (Lipinski definition) is 4. The second-order valence-electron chi connectivity index (χ2n) is 3.20. The first-order valence-corrected chi connectivity index (χ1v) is 5.02. The minimum atomic E-state index is -1.12. The Morgan fingerprint density at radius 2 is 1.89 bits per heavy atom. The number of aliphatic carboxylic acids is 2. The molecule has 0 heterocycles. The van der Waals surface area contributed by atoms with Crippen LogP contribution in [0.15, 0.2) is 11.8 Å². The molecule has 0 bridgehead atoms. The van der Waals surface area contributed by atoms with Crippen LogP contribution in [0.25, 0.3) is 0 Å². The molecular formula is C10H13N3O5. The topological polar surface area (TPSA) is 140 Å². The number of carbonyl (C=O) groups excluding carboxylic acids is 1. The highest BCUT2D eigenvalue weighted by molar-refractivity contribution is 5.97. The third-order valence-electron chi connectivity index (χ3n) is 1.72. The highest BCUT2D eigenvalue weighted by Gasteiger charge is 2.08. The Bertz CT molecular complexity index is 397. The molecule has 0 saturated heterocycles. The van der Waals surface area contributed by atoms with Crippen molar-refractivity contribution < 1.29 is 24.6 Å². The lowest BCUT2D eigenvalue weighted by molar-refractivity contribution is -0.137. The lowest BCUT2D eigenvalue weighted by Gasteiger charge is -2.03. The Kier molecular flexibility index (Phi) is 7.36. The molecule has 0 aromatic rings. The molecular weight excluding hydrogens is 242 g/mol. The molecule has 18 heavy (non-hydrogen) atoms. The molecule has 98 valence electrons. The standard InChI is InChI=1S/C10H13N3O5/c11-4-7(5-12-6-9(16)17)10(18)13-3-1-2-8(14)15/h5,12H,1-3,6H2,(H,13,18)(H,14,15)(H,16,17)/b7-5-. The van der Waals surface area contributed by atoms with E-state index in [-0.39, 0.29) is 25.0 Å². The fourth-order valence-electron chi connectivity index (χ4n) is 0.926. The van der Waals surface area contributed by atoms with E-state index in [0.29, 0.717) is 0 Å².